The molecule has 0 atom stereocenters. The molecule has 0 amide bonds. The highest BCUT2D eigenvalue weighted by Crippen LogP contribution is 2.27. The minimum Gasteiger partial charge on any atom is -0.303 e. The fraction of sp³-hybridized carbons (Fsp3) is 0.800. The van der Waals surface area contributed by atoms with Crippen molar-refractivity contribution in [3.05, 3.63) is 11.3 Å². The maximum absolute atomic E-state index is 4.59. The normalized spacial score (nSPS) is 22.0. The zero-order valence-electron chi connectivity index (χ0n) is 15.3. The van der Waals surface area contributed by atoms with Gasteiger partial charge in [0.15, 0.2) is 0 Å². The third-order valence-corrected chi connectivity index (χ3v) is 5.22. The minimum atomic E-state index is 0.616. The molecule has 2 rings (SSSR count). The lowest BCUT2D eigenvalue weighted by molar-refractivity contribution is 0.239. The van der Waals surface area contributed by atoms with E-state index in [0.717, 1.165) is 44.1 Å². The van der Waals surface area contributed by atoms with Crippen LogP contribution < -0.4 is 0 Å². The van der Waals surface area contributed by atoms with Gasteiger partial charge in [0.25, 0.3) is 0 Å². The SMILES string of the molecule is C=NC1=C(C=NCC(C)C)CCN(CCC2CCCCC2)CC1. The molecule has 1 aliphatic carbocycles. The summed E-state index contributed by atoms with van der Waals surface area (Å²) in [6.07, 6.45) is 12.8. The van der Waals surface area contributed by atoms with Gasteiger partial charge in [0, 0.05) is 38.0 Å². The van der Waals surface area contributed by atoms with E-state index in [9.17, 15) is 0 Å². The maximum atomic E-state index is 4.59. The van der Waals surface area contributed by atoms with Crippen LogP contribution in [0.5, 0.6) is 0 Å². The van der Waals surface area contributed by atoms with Crippen molar-refractivity contribution in [3.63, 3.8) is 0 Å². The lowest BCUT2D eigenvalue weighted by Gasteiger charge is -2.26. The van der Waals surface area contributed by atoms with Crippen LogP contribution in [0.4, 0.5) is 0 Å². The molecule has 1 saturated carbocycles. The van der Waals surface area contributed by atoms with E-state index in [2.05, 4.69) is 41.7 Å². The Bertz CT molecular complexity index is 417. The van der Waals surface area contributed by atoms with Gasteiger partial charge >= 0.3 is 0 Å². The molecule has 0 aromatic carbocycles. The molecule has 1 fully saturated rings. The molecule has 3 heteroatoms. The highest BCUT2D eigenvalue weighted by Gasteiger charge is 2.18. The van der Waals surface area contributed by atoms with Crippen LogP contribution in [0, 0.1) is 11.8 Å². The van der Waals surface area contributed by atoms with Crippen molar-refractivity contribution in [2.24, 2.45) is 21.8 Å². The van der Waals surface area contributed by atoms with Crippen molar-refractivity contribution >= 4 is 12.9 Å². The van der Waals surface area contributed by atoms with Crippen LogP contribution in [0.1, 0.15) is 65.2 Å². The number of nitrogens with zero attached hydrogens (tertiary/aromatic N) is 3. The van der Waals surface area contributed by atoms with Crippen molar-refractivity contribution in [2.45, 2.75) is 65.2 Å². The maximum Gasteiger partial charge on any atom is 0.0456 e. The first-order valence-corrected chi connectivity index (χ1v) is 9.60. The van der Waals surface area contributed by atoms with Gasteiger partial charge in [-0.3, -0.25) is 9.98 Å². The van der Waals surface area contributed by atoms with E-state index in [1.54, 1.807) is 0 Å². The van der Waals surface area contributed by atoms with E-state index in [1.165, 1.54) is 50.6 Å². The third kappa shape index (κ3) is 6.58. The Morgan fingerprint density at radius 1 is 1.17 bits per heavy atom. The number of hydrogen-bond acceptors (Lipinski definition) is 3. The molecule has 0 aromatic heterocycles. The number of rotatable bonds is 7. The minimum absolute atomic E-state index is 0.616. The molecule has 0 saturated heterocycles. The molecule has 3 nitrogen and oxygen atoms in total. The lowest BCUT2D eigenvalue weighted by atomic mass is 9.87. The first-order chi connectivity index (χ1) is 11.2. The van der Waals surface area contributed by atoms with Crippen molar-refractivity contribution < 1.29 is 0 Å². The largest absolute Gasteiger partial charge is 0.303 e. The first kappa shape index (κ1) is 18.4. The van der Waals surface area contributed by atoms with Crippen LogP contribution in [-0.2, 0) is 0 Å². The van der Waals surface area contributed by atoms with E-state index < -0.39 is 0 Å². The van der Waals surface area contributed by atoms with E-state index in [-0.39, 0.29) is 0 Å². The molecule has 0 radical (unpaired) electrons. The predicted octanol–water partition coefficient (Wildman–Crippen LogP) is 4.73. The summed E-state index contributed by atoms with van der Waals surface area (Å²) in [7, 11) is 0. The standard InChI is InChI=1S/C20H35N3/c1-17(2)15-22-16-19-10-13-23(14-11-20(19)21-3)12-9-18-7-5-4-6-8-18/h16-18H,3-15H2,1-2H3. The fourth-order valence-corrected chi connectivity index (χ4v) is 3.72. The molecule has 23 heavy (non-hydrogen) atoms. The fourth-order valence-electron chi connectivity index (χ4n) is 3.72. The van der Waals surface area contributed by atoms with Gasteiger partial charge in [0.05, 0.1) is 0 Å². The zero-order chi connectivity index (χ0) is 16.5. The predicted molar refractivity (Wildman–Crippen MR) is 102 cm³/mol. The van der Waals surface area contributed by atoms with E-state index in [4.69, 9.17) is 0 Å². The van der Waals surface area contributed by atoms with Crippen LogP contribution in [0.3, 0.4) is 0 Å². The highest BCUT2D eigenvalue weighted by atomic mass is 15.1. The molecule has 0 spiro atoms. The van der Waals surface area contributed by atoms with Crippen molar-refractivity contribution in [3.8, 4) is 0 Å². The van der Waals surface area contributed by atoms with Gasteiger partial charge in [-0.15, -0.1) is 0 Å². The summed E-state index contributed by atoms with van der Waals surface area (Å²) in [5.74, 6) is 1.59. The van der Waals surface area contributed by atoms with Crippen molar-refractivity contribution in [1.29, 1.82) is 0 Å². The average Bonchev–Trinajstić information content (AvgIpc) is 2.76. The van der Waals surface area contributed by atoms with Crippen LogP contribution in [0.2, 0.25) is 0 Å². The monoisotopic (exact) mass is 317 g/mol. The molecular formula is C20H35N3. The summed E-state index contributed by atoms with van der Waals surface area (Å²) >= 11 is 0. The summed E-state index contributed by atoms with van der Waals surface area (Å²) in [5.41, 5.74) is 2.47. The summed E-state index contributed by atoms with van der Waals surface area (Å²) in [6, 6.07) is 0. The van der Waals surface area contributed by atoms with Crippen LogP contribution in [0.25, 0.3) is 0 Å². The third-order valence-electron chi connectivity index (χ3n) is 5.22. The van der Waals surface area contributed by atoms with Crippen molar-refractivity contribution in [2.75, 3.05) is 26.2 Å². The number of hydrogen-bond donors (Lipinski definition) is 0. The Labute approximate surface area is 143 Å². The highest BCUT2D eigenvalue weighted by molar-refractivity contribution is 5.80. The first-order valence-electron chi connectivity index (χ1n) is 9.60. The topological polar surface area (TPSA) is 28.0 Å². The average molecular weight is 318 g/mol. The molecule has 0 bridgehead atoms. The second kappa shape index (κ2) is 10.0. The number of aliphatic imine (C=N–C) groups is 2. The second-order valence-electron chi connectivity index (χ2n) is 7.65. The van der Waals surface area contributed by atoms with Crippen LogP contribution >= 0.6 is 0 Å². The lowest BCUT2D eigenvalue weighted by Crippen LogP contribution is -2.28. The summed E-state index contributed by atoms with van der Waals surface area (Å²) < 4.78 is 0. The van der Waals surface area contributed by atoms with Crippen LogP contribution in [-0.4, -0.2) is 44.0 Å². The smallest absolute Gasteiger partial charge is 0.0456 e. The van der Waals surface area contributed by atoms with Gasteiger partial charge in [-0.25, -0.2) is 0 Å². The van der Waals surface area contributed by atoms with Gasteiger partial charge in [-0.2, -0.15) is 0 Å². The molecule has 0 N–H and O–H groups in total. The molecule has 130 valence electrons. The molecular weight excluding hydrogens is 282 g/mol. The van der Waals surface area contributed by atoms with Gasteiger partial charge in [-0.1, -0.05) is 46.0 Å². The summed E-state index contributed by atoms with van der Waals surface area (Å²) in [5, 5.41) is 0. The second-order valence-corrected chi connectivity index (χ2v) is 7.65. The molecule has 2 aliphatic rings. The van der Waals surface area contributed by atoms with Crippen molar-refractivity contribution in [1.82, 2.24) is 4.90 Å². The molecule has 0 aromatic rings. The quantitative estimate of drug-likeness (QED) is 0.624. The van der Waals surface area contributed by atoms with E-state index in [1.807, 2.05) is 0 Å². The Morgan fingerprint density at radius 2 is 1.91 bits per heavy atom. The zero-order valence-corrected chi connectivity index (χ0v) is 15.3. The Kier molecular flexibility index (Phi) is 8.01. The Balaban J connectivity index is 1.81. The van der Waals surface area contributed by atoms with Gasteiger partial charge in [0.1, 0.15) is 0 Å². The summed E-state index contributed by atoms with van der Waals surface area (Å²) in [6.45, 7) is 12.6. The molecule has 1 heterocycles. The summed E-state index contributed by atoms with van der Waals surface area (Å²) in [4.78, 5) is 11.5. The molecule has 0 unspecified atom stereocenters. The van der Waals surface area contributed by atoms with E-state index >= 15 is 0 Å². The van der Waals surface area contributed by atoms with Gasteiger partial charge < -0.3 is 4.90 Å². The van der Waals surface area contributed by atoms with Gasteiger partial charge in [0.2, 0.25) is 0 Å². The Hall–Kier alpha value is -0.960. The Morgan fingerprint density at radius 3 is 2.61 bits per heavy atom. The molecule has 1 aliphatic heterocycles. The van der Waals surface area contributed by atoms with E-state index in [0.29, 0.717) is 5.92 Å². The van der Waals surface area contributed by atoms with Crippen LogP contribution in [0.15, 0.2) is 21.3 Å². The van der Waals surface area contributed by atoms with Gasteiger partial charge in [-0.05, 0) is 43.5 Å².